The minimum atomic E-state index is -2.41. The first-order chi connectivity index (χ1) is 14.2. The molecule has 0 fully saturated rings. The lowest BCUT2D eigenvalue weighted by atomic mass is 9.99. The summed E-state index contributed by atoms with van der Waals surface area (Å²) < 4.78 is 0. The van der Waals surface area contributed by atoms with Gasteiger partial charge >= 0.3 is 0 Å². The Hall–Kier alpha value is -2.21. The van der Waals surface area contributed by atoms with Crippen LogP contribution in [-0.2, 0) is 5.22 Å². The normalized spacial score (nSPS) is 19.7. The van der Waals surface area contributed by atoms with E-state index in [1.165, 1.54) is 16.7 Å². The van der Waals surface area contributed by atoms with Crippen molar-refractivity contribution in [1.82, 2.24) is 0 Å². The molecule has 154 valence electrons. The fourth-order valence-corrected chi connectivity index (χ4v) is 18.3. The quantitative estimate of drug-likeness (QED) is 0.453. The van der Waals surface area contributed by atoms with Crippen molar-refractivity contribution in [2.24, 2.45) is 0 Å². The van der Waals surface area contributed by atoms with E-state index in [1.807, 2.05) is 6.07 Å². The molecule has 0 heterocycles. The first-order valence-corrected chi connectivity index (χ1v) is 17.9. The zero-order chi connectivity index (χ0) is 21.6. The summed E-state index contributed by atoms with van der Waals surface area (Å²) in [6.45, 7) is 11.9. The van der Waals surface area contributed by atoms with Gasteiger partial charge in [0.1, 0.15) is 12.8 Å². The molecule has 1 N–H and O–H groups in total. The number of hydrogen-bond donors (Lipinski definition) is 1. The van der Waals surface area contributed by atoms with E-state index in [4.69, 9.17) is 0 Å². The van der Waals surface area contributed by atoms with E-state index < -0.39 is 20.4 Å². The molecule has 3 unspecified atom stereocenters. The Kier molecular flexibility index (Phi) is 5.25. The van der Waals surface area contributed by atoms with Gasteiger partial charge in [0.05, 0.1) is 0 Å². The molecule has 0 spiro atoms. The van der Waals surface area contributed by atoms with Crippen molar-refractivity contribution < 1.29 is 5.11 Å². The molecule has 0 aliphatic heterocycles. The molecule has 1 aliphatic carbocycles. The van der Waals surface area contributed by atoms with Gasteiger partial charge in [0, 0.05) is 7.59 Å². The second-order valence-corrected chi connectivity index (χ2v) is 25.7. The average molecular weight is 429 g/mol. The van der Waals surface area contributed by atoms with Crippen molar-refractivity contribution in [2.75, 3.05) is 0 Å². The minimum absolute atomic E-state index is 0.284. The van der Waals surface area contributed by atoms with Crippen LogP contribution in [0, 0.1) is 6.92 Å². The predicted molar refractivity (Wildman–Crippen MR) is 134 cm³/mol. The molecule has 3 aromatic carbocycles. The maximum absolute atomic E-state index is 12.9. The second-order valence-electron chi connectivity index (χ2n) is 9.86. The third-order valence-electron chi connectivity index (χ3n) is 7.39. The number of hydrogen-bond acceptors (Lipinski definition) is 1. The molecule has 3 aromatic rings. The Labute approximate surface area is 182 Å². The van der Waals surface area contributed by atoms with Crippen LogP contribution in [0.5, 0.6) is 0 Å². The molecule has 0 saturated carbocycles. The molecule has 0 aromatic heterocycles. The van der Waals surface area contributed by atoms with Crippen LogP contribution in [0.2, 0.25) is 26.2 Å². The smallest absolute Gasteiger partial charge is 0.104 e. The van der Waals surface area contributed by atoms with Crippen LogP contribution in [0.15, 0.2) is 84.9 Å². The van der Waals surface area contributed by atoms with Crippen molar-refractivity contribution in [3.8, 4) is 0 Å². The molecule has 3 atom stereocenters. The van der Waals surface area contributed by atoms with Gasteiger partial charge in [0.15, 0.2) is 0 Å². The van der Waals surface area contributed by atoms with Crippen molar-refractivity contribution in [2.45, 2.75) is 43.9 Å². The maximum Gasteiger partial charge on any atom is 0.104 e. The minimum Gasteiger partial charge on any atom is -0.384 e. The monoisotopic (exact) mass is 428 g/mol. The van der Waals surface area contributed by atoms with Crippen LogP contribution in [0.3, 0.4) is 0 Å². The van der Waals surface area contributed by atoms with Gasteiger partial charge < -0.3 is 5.11 Å². The fourth-order valence-electron chi connectivity index (χ4n) is 5.23. The molecular formula is C27H32OSi2. The molecular weight excluding hydrogens is 396 g/mol. The molecule has 0 radical (unpaired) electrons. The summed E-state index contributed by atoms with van der Waals surface area (Å²) in [5.41, 5.74) is 6.26. The zero-order valence-corrected chi connectivity index (χ0v) is 20.7. The lowest BCUT2D eigenvalue weighted by Crippen LogP contribution is -2.71. The molecule has 30 heavy (non-hydrogen) atoms. The van der Waals surface area contributed by atoms with Gasteiger partial charge in [-0.2, -0.15) is 0 Å². The predicted octanol–water partition coefficient (Wildman–Crippen LogP) is 6.62. The summed E-state index contributed by atoms with van der Waals surface area (Å²) in [6, 6.07) is 27.7. The first-order valence-electron chi connectivity index (χ1n) is 10.8. The van der Waals surface area contributed by atoms with E-state index in [-0.39, 0.29) is 5.54 Å². The zero-order valence-electron chi connectivity index (χ0n) is 18.7. The van der Waals surface area contributed by atoms with Gasteiger partial charge in [-0.25, -0.2) is 0 Å². The highest BCUT2D eigenvalue weighted by molar-refractivity contribution is 7.42. The second kappa shape index (κ2) is 7.49. The number of rotatable bonds is 5. The van der Waals surface area contributed by atoms with E-state index in [9.17, 15) is 5.11 Å². The van der Waals surface area contributed by atoms with Crippen molar-refractivity contribution in [1.29, 1.82) is 0 Å². The summed E-state index contributed by atoms with van der Waals surface area (Å²) in [4.78, 5) is 0. The van der Waals surface area contributed by atoms with Crippen LogP contribution in [0.4, 0.5) is 0 Å². The third-order valence-corrected chi connectivity index (χ3v) is 25.7. The topological polar surface area (TPSA) is 20.2 Å². The van der Waals surface area contributed by atoms with Gasteiger partial charge in [-0.15, -0.1) is 0 Å². The van der Waals surface area contributed by atoms with Crippen LogP contribution in [-0.4, -0.2) is 20.3 Å². The number of benzene rings is 3. The number of fused-ring (bicyclic) bond motifs is 1. The van der Waals surface area contributed by atoms with E-state index in [1.54, 1.807) is 0 Å². The van der Waals surface area contributed by atoms with Crippen molar-refractivity contribution in [3.05, 3.63) is 113 Å². The molecule has 3 heteroatoms. The van der Waals surface area contributed by atoms with Crippen LogP contribution in [0.25, 0.3) is 6.08 Å². The Balaban J connectivity index is 2.04. The van der Waals surface area contributed by atoms with Crippen LogP contribution in [0.1, 0.15) is 33.4 Å². The van der Waals surface area contributed by atoms with E-state index in [0.717, 1.165) is 11.1 Å². The standard InChI is InChI=1S/C27H32OSi2/c1-21-15-18-24(19-16-21)27(28,23-12-7-6-8-13-23)30(5,29(2,3)4)26-20-17-22-11-9-10-14-25(22)26/h6-20,26,28H,1-5H3. The third kappa shape index (κ3) is 3.08. The SMILES string of the molecule is Cc1ccc(C(O)(c2ccccc2)[Si](C)(C2C=Cc3ccccc32)[Si](C)(C)C)cc1. The van der Waals surface area contributed by atoms with Crippen molar-refractivity contribution >= 4 is 21.3 Å². The van der Waals surface area contributed by atoms with Crippen LogP contribution >= 0.6 is 0 Å². The Morgan fingerprint density at radius 2 is 1.30 bits per heavy atom. The Morgan fingerprint density at radius 1 is 0.733 bits per heavy atom. The molecule has 4 rings (SSSR count). The lowest BCUT2D eigenvalue weighted by molar-refractivity contribution is 0.159. The van der Waals surface area contributed by atoms with Gasteiger partial charge in [-0.3, -0.25) is 0 Å². The number of aryl methyl sites for hydroxylation is 1. The molecule has 0 amide bonds. The van der Waals surface area contributed by atoms with Gasteiger partial charge in [0.25, 0.3) is 0 Å². The summed E-state index contributed by atoms with van der Waals surface area (Å²) in [5.74, 6) is 0. The van der Waals surface area contributed by atoms with Gasteiger partial charge in [-0.1, -0.05) is 123 Å². The summed E-state index contributed by atoms with van der Waals surface area (Å²) in [7, 11) is -4.24. The van der Waals surface area contributed by atoms with Crippen molar-refractivity contribution in [3.63, 3.8) is 0 Å². The van der Waals surface area contributed by atoms with Gasteiger partial charge in [0.2, 0.25) is 0 Å². The van der Waals surface area contributed by atoms with Gasteiger partial charge in [-0.05, 0) is 34.7 Å². The van der Waals surface area contributed by atoms with E-state index >= 15 is 0 Å². The number of aliphatic hydroxyl groups is 1. The molecule has 0 bridgehead atoms. The summed E-state index contributed by atoms with van der Waals surface area (Å²) in [6.07, 6.45) is 4.66. The Morgan fingerprint density at radius 3 is 1.93 bits per heavy atom. The highest BCUT2D eigenvalue weighted by Gasteiger charge is 2.62. The average Bonchev–Trinajstić information content (AvgIpc) is 3.17. The fraction of sp³-hybridized carbons (Fsp3) is 0.259. The highest BCUT2D eigenvalue weighted by atomic mass is 29.3. The highest BCUT2D eigenvalue weighted by Crippen LogP contribution is 2.52. The first kappa shape index (κ1) is 21.0. The maximum atomic E-state index is 12.9. The van der Waals surface area contributed by atoms with E-state index in [0.29, 0.717) is 0 Å². The van der Waals surface area contributed by atoms with E-state index in [2.05, 4.69) is 118 Å². The number of allylic oxidation sites excluding steroid dienone is 1. The molecule has 1 aliphatic rings. The lowest BCUT2D eigenvalue weighted by Gasteiger charge is -2.54. The molecule has 1 nitrogen and oxygen atoms in total. The largest absolute Gasteiger partial charge is 0.384 e. The van der Waals surface area contributed by atoms with Crippen LogP contribution < -0.4 is 0 Å². The Bertz CT molecular complexity index is 1070. The molecule has 0 saturated heterocycles. The summed E-state index contributed by atoms with van der Waals surface area (Å²) in [5, 5.41) is 12.0. The summed E-state index contributed by atoms with van der Waals surface area (Å²) >= 11 is 0.